The second kappa shape index (κ2) is 7.73. The van der Waals surface area contributed by atoms with Crippen molar-refractivity contribution in [1.82, 2.24) is 4.98 Å². The largest absolute Gasteiger partial charge is 0.481 e. The fourth-order valence-electron chi connectivity index (χ4n) is 1.27. The lowest BCUT2D eigenvalue weighted by atomic mass is 10.2. The number of carboxylic acid groups (broad SMARTS) is 1. The van der Waals surface area contributed by atoms with Crippen molar-refractivity contribution < 1.29 is 19.4 Å². The van der Waals surface area contributed by atoms with Crippen molar-refractivity contribution >= 4 is 28.5 Å². The SMILES string of the molecule is CC(C)COC(=O)Nc1nc(CCCC(=O)O)cs1. The van der Waals surface area contributed by atoms with Crippen molar-refractivity contribution in [3.8, 4) is 0 Å². The highest BCUT2D eigenvalue weighted by molar-refractivity contribution is 7.13. The smallest absolute Gasteiger partial charge is 0.413 e. The topological polar surface area (TPSA) is 88.5 Å². The third kappa shape index (κ3) is 6.76. The first-order chi connectivity index (χ1) is 8.97. The molecule has 0 aliphatic heterocycles. The molecule has 106 valence electrons. The van der Waals surface area contributed by atoms with Gasteiger partial charge in [-0.15, -0.1) is 11.3 Å². The molecule has 2 N–H and O–H groups in total. The molecule has 0 bridgehead atoms. The molecule has 1 amide bonds. The molecule has 19 heavy (non-hydrogen) atoms. The molecule has 1 heterocycles. The van der Waals surface area contributed by atoms with Crippen LogP contribution < -0.4 is 5.32 Å². The van der Waals surface area contributed by atoms with Gasteiger partial charge in [-0.05, 0) is 18.8 Å². The third-order valence-corrected chi connectivity index (χ3v) is 2.94. The predicted octanol–water partition coefficient (Wildman–Crippen LogP) is 2.75. The third-order valence-electron chi connectivity index (χ3n) is 2.13. The fourth-order valence-corrected chi connectivity index (χ4v) is 2.00. The molecule has 1 aromatic rings. The molecule has 7 heteroatoms. The Kier molecular flexibility index (Phi) is 6.27. The number of aliphatic carboxylic acids is 1. The Morgan fingerprint density at radius 1 is 1.53 bits per heavy atom. The van der Waals surface area contributed by atoms with Gasteiger partial charge in [0.1, 0.15) is 0 Å². The number of hydrogen-bond acceptors (Lipinski definition) is 5. The van der Waals surface area contributed by atoms with Gasteiger partial charge < -0.3 is 9.84 Å². The fraction of sp³-hybridized carbons (Fsp3) is 0.583. The van der Waals surface area contributed by atoms with Crippen LogP contribution in [0.25, 0.3) is 0 Å². The van der Waals surface area contributed by atoms with E-state index in [-0.39, 0.29) is 12.3 Å². The first kappa shape index (κ1) is 15.4. The number of aryl methyl sites for hydroxylation is 1. The number of ether oxygens (including phenoxy) is 1. The highest BCUT2D eigenvalue weighted by Crippen LogP contribution is 2.17. The zero-order valence-electron chi connectivity index (χ0n) is 11.0. The summed E-state index contributed by atoms with van der Waals surface area (Å²) in [6, 6.07) is 0. The van der Waals surface area contributed by atoms with Gasteiger partial charge in [-0.3, -0.25) is 10.1 Å². The minimum Gasteiger partial charge on any atom is -0.481 e. The Morgan fingerprint density at radius 3 is 2.89 bits per heavy atom. The average Bonchev–Trinajstić information content (AvgIpc) is 2.73. The van der Waals surface area contributed by atoms with Gasteiger partial charge in [0.05, 0.1) is 12.3 Å². The average molecular weight is 286 g/mol. The Hall–Kier alpha value is -1.63. The molecule has 0 aliphatic carbocycles. The number of amides is 1. The van der Waals surface area contributed by atoms with E-state index in [1.54, 1.807) is 5.38 Å². The molecular weight excluding hydrogens is 268 g/mol. The number of rotatable bonds is 7. The minimum absolute atomic E-state index is 0.122. The molecule has 0 saturated carbocycles. The number of carbonyl (C=O) groups excluding carboxylic acids is 1. The quantitative estimate of drug-likeness (QED) is 0.804. The van der Waals surface area contributed by atoms with Crippen LogP contribution in [0.2, 0.25) is 0 Å². The number of hydrogen-bond donors (Lipinski definition) is 2. The maximum atomic E-state index is 11.4. The number of thiazole rings is 1. The maximum absolute atomic E-state index is 11.4. The van der Waals surface area contributed by atoms with Gasteiger partial charge in [0.15, 0.2) is 5.13 Å². The highest BCUT2D eigenvalue weighted by atomic mass is 32.1. The predicted molar refractivity (Wildman–Crippen MR) is 72.5 cm³/mol. The monoisotopic (exact) mass is 286 g/mol. The standard InChI is InChI=1S/C12H18N2O4S/c1-8(2)6-18-12(17)14-11-13-9(7-19-11)4-3-5-10(15)16/h7-8H,3-6H2,1-2H3,(H,15,16)(H,13,14,17). The molecule has 0 aromatic carbocycles. The molecule has 0 aliphatic rings. The second-order valence-corrected chi connectivity index (χ2v) is 5.37. The zero-order valence-corrected chi connectivity index (χ0v) is 11.8. The first-order valence-corrected chi connectivity index (χ1v) is 6.95. The van der Waals surface area contributed by atoms with Gasteiger partial charge in [-0.2, -0.15) is 0 Å². The van der Waals surface area contributed by atoms with Crippen LogP contribution in [-0.4, -0.2) is 28.8 Å². The molecular formula is C12H18N2O4S. The minimum atomic E-state index is -0.814. The molecule has 6 nitrogen and oxygen atoms in total. The van der Waals surface area contributed by atoms with Gasteiger partial charge in [0.25, 0.3) is 0 Å². The van der Waals surface area contributed by atoms with E-state index in [4.69, 9.17) is 9.84 Å². The summed E-state index contributed by atoms with van der Waals surface area (Å²) in [5.41, 5.74) is 0.783. The van der Waals surface area contributed by atoms with E-state index < -0.39 is 12.1 Å². The van der Waals surface area contributed by atoms with Gasteiger partial charge in [-0.1, -0.05) is 13.8 Å². The van der Waals surface area contributed by atoms with Crippen molar-refractivity contribution in [2.45, 2.75) is 33.1 Å². The lowest BCUT2D eigenvalue weighted by molar-refractivity contribution is -0.137. The van der Waals surface area contributed by atoms with Crippen molar-refractivity contribution in [3.05, 3.63) is 11.1 Å². The van der Waals surface area contributed by atoms with Crippen LogP contribution in [0.1, 0.15) is 32.4 Å². The van der Waals surface area contributed by atoms with Gasteiger partial charge >= 0.3 is 12.1 Å². The maximum Gasteiger partial charge on any atom is 0.413 e. The van der Waals surface area contributed by atoms with Crippen LogP contribution >= 0.6 is 11.3 Å². The molecule has 0 fully saturated rings. The normalized spacial score (nSPS) is 10.5. The molecule has 0 unspecified atom stereocenters. The van der Waals surface area contributed by atoms with Crippen molar-refractivity contribution in [2.24, 2.45) is 5.92 Å². The van der Waals surface area contributed by atoms with Crippen LogP contribution in [-0.2, 0) is 16.0 Å². The lowest BCUT2D eigenvalue weighted by Gasteiger charge is -2.06. The van der Waals surface area contributed by atoms with E-state index in [9.17, 15) is 9.59 Å². The van der Waals surface area contributed by atoms with E-state index in [0.717, 1.165) is 5.69 Å². The van der Waals surface area contributed by atoms with E-state index in [2.05, 4.69) is 10.3 Å². The number of anilines is 1. The molecule has 0 atom stereocenters. The molecule has 1 aromatic heterocycles. The van der Waals surface area contributed by atoms with E-state index in [0.29, 0.717) is 24.6 Å². The van der Waals surface area contributed by atoms with Crippen LogP contribution in [0.3, 0.4) is 0 Å². The van der Waals surface area contributed by atoms with Crippen molar-refractivity contribution in [1.29, 1.82) is 0 Å². The summed E-state index contributed by atoms with van der Waals surface area (Å²) in [6.45, 7) is 4.27. The van der Waals surface area contributed by atoms with Crippen LogP contribution in [0.5, 0.6) is 0 Å². The van der Waals surface area contributed by atoms with E-state index in [1.807, 2.05) is 13.8 Å². The zero-order chi connectivity index (χ0) is 14.3. The van der Waals surface area contributed by atoms with Crippen molar-refractivity contribution in [2.75, 3.05) is 11.9 Å². The summed E-state index contributed by atoms with van der Waals surface area (Å²) in [5.74, 6) is -0.528. The molecule has 0 radical (unpaired) electrons. The van der Waals surface area contributed by atoms with Crippen molar-refractivity contribution in [3.63, 3.8) is 0 Å². The van der Waals surface area contributed by atoms with Crippen LogP contribution in [0.15, 0.2) is 5.38 Å². The summed E-state index contributed by atoms with van der Waals surface area (Å²) in [5, 5.41) is 13.4. The summed E-state index contributed by atoms with van der Waals surface area (Å²) >= 11 is 1.30. The summed E-state index contributed by atoms with van der Waals surface area (Å²) < 4.78 is 4.97. The summed E-state index contributed by atoms with van der Waals surface area (Å²) in [6.07, 6.45) is 0.735. The van der Waals surface area contributed by atoms with Gasteiger partial charge in [0, 0.05) is 11.8 Å². The highest BCUT2D eigenvalue weighted by Gasteiger charge is 2.08. The Bertz CT molecular complexity index is 431. The Labute approximate surface area is 115 Å². The number of nitrogens with zero attached hydrogens (tertiary/aromatic N) is 1. The molecule has 0 saturated heterocycles. The molecule has 1 rings (SSSR count). The Balaban J connectivity index is 2.33. The van der Waals surface area contributed by atoms with Crippen LogP contribution in [0.4, 0.5) is 9.93 Å². The lowest BCUT2D eigenvalue weighted by Crippen LogP contribution is -2.16. The molecule has 0 spiro atoms. The van der Waals surface area contributed by atoms with E-state index >= 15 is 0 Å². The van der Waals surface area contributed by atoms with Gasteiger partial charge in [-0.25, -0.2) is 9.78 Å². The Morgan fingerprint density at radius 2 is 2.26 bits per heavy atom. The van der Waals surface area contributed by atoms with Crippen LogP contribution in [0, 0.1) is 5.92 Å². The van der Waals surface area contributed by atoms with Gasteiger partial charge in [0.2, 0.25) is 0 Å². The summed E-state index contributed by atoms with van der Waals surface area (Å²) in [7, 11) is 0. The van der Waals surface area contributed by atoms with E-state index in [1.165, 1.54) is 11.3 Å². The first-order valence-electron chi connectivity index (χ1n) is 6.07. The number of carbonyl (C=O) groups is 2. The number of aromatic nitrogens is 1. The number of nitrogens with one attached hydrogen (secondary N) is 1. The number of carboxylic acids is 1. The second-order valence-electron chi connectivity index (χ2n) is 4.51. The summed E-state index contributed by atoms with van der Waals surface area (Å²) in [4.78, 5) is 25.9.